The second-order valence-corrected chi connectivity index (χ2v) is 6.79. The molecule has 0 spiro atoms. The van der Waals surface area contributed by atoms with Gasteiger partial charge in [0.05, 0.1) is 0 Å². The van der Waals surface area contributed by atoms with E-state index in [9.17, 15) is 14.7 Å². The Balaban J connectivity index is 2.08. The van der Waals surface area contributed by atoms with Crippen molar-refractivity contribution in [1.29, 1.82) is 0 Å². The molecule has 5 nitrogen and oxygen atoms in total. The Bertz CT molecular complexity index is 867. The molecule has 2 atom stereocenters. The van der Waals surface area contributed by atoms with Gasteiger partial charge in [-0.3, -0.25) is 9.63 Å². The van der Waals surface area contributed by atoms with Crippen LogP contribution in [0.2, 0.25) is 5.02 Å². The molecule has 27 heavy (non-hydrogen) atoms. The van der Waals surface area contributed by atoms with E-state index in [4.69, 9.17) is 16.4 Å². The van der Waals surface area contributed by atoms with Crippen molar-refractivity contribution in [3.63, 3.8) is 0 Å². The van der Waals surface area contributed by atoms with Gasteiger partial charge in [0, 0.05) is 10.6 Å². The first-order chi connectivity index (χ1) is 13.0. The number of hydroxylamine groups is 2. The summed E-state index contributed by atoms with van der Waals surface area (Å²) in [6.45, 7) is 1.74. The van der Waals surface area contributed by atoms with Crippen molar-refractivity contribution in [2.24, 2.45) is 0 Å². The van der Waals surface area contributed by atoms with Crippen LogP contribution in [0.5, 0.6) is 0 Å². The van der Waals surface area contributed by atoms with Crippen LogP contribution in [0.15, 0.2) is 66.7 Å². The highest BCUT2D eigenvalue weighted by molar-refractivity contribution is 6.32. The minimum atomic E-state index is -1.53. The summed E-state index contributed by atoms with van der Waals surface area (Å²) in [4.78, 5) is 31.0. The van der Waals surface area contributed by atoms with Gasteiger partial charge in [-0.05, 0) is 37.5 Å². The number of halogens is 1. The molecule has 0 bridgehead atoms. The van der Waals surface area contributed by atoms with E-state index in [-0.39, 0.29) is 12.2 Å². The first kappa shape index (κ1) is 19.1. The van der Waals surface area contributed by atoms with Gasteiger partial charge in [0.1, 0.15) is 6.10 Å². The number of hydrogen-bond donors (Lipinski definition) is 1. The van der Waals surface area contributed by atoms with Crippen LogP contribution in [0.1, 0.15) is 37.0 Å². The van der Waals surface area contributed by atoms with Crippen molar-refractivity contribution in [2.75, 3.05) is 0 Å². The summed E-state index contributed by atoms with van der Waals surface area (Å²) in [6, 6.07) is 16.0. The molecule has 0 radical (unpaired) electrons. The summed E-state index contributed by atoms with van der Waals surface area (Å²) >= 11 is 6.36. The molecule has 1 amide bonds. The van der Waals surface area contributed by atoms with E-state index in [0.29, 0.717) is 17.0 Å². The predicted octanol–water partition coefficient (Wildman–Crippen LogP) is 5.13. The standard InChI is InChI=1S/C21H20ClNO4/c1-15(16-9-3-2-4-10-16)27-23(20(25)26)21(14-8-7-13-19(21)24)17-11-5-6-12-18(17)22/h2-7,9-13,15H,8,14H2,1H3,(H,25,26). The van der Waals surface area contributed by atoms with Crippen molar-refractivity contribution < 1.29 is 19.5 Å². The molecule has 0 fully saturated rings. The topological polar surface area (TPSA) is 66.8 Å². The van der Waals surface area contributed by atoms with Crippen LogP contribution in [0, 0.1) is 0 Å². The summed E-state index contributed by atoms with van der Waals surface area (Å²) in [5.41, 5.74) is -0.303. The molecule has 2 aromatic carbocycles. The summed E-state index contributed by atoms with van der Waals surface area (Å²) in [6.07, 6.45) is 2.00. The highest BCUT2D eigenvalue weighted by Crippen LogP contribution is 2.42. The van der Waals surface area contributed by atoms with Gasteiger partial charge >= 0.3 is 6.09 Å². The fourth-order valence-corrected chi connectivity index (χ4v) is 3.65. The maximum Gasteiger partial charge on any atom is 0.432 e. The number of allylic oxidation sites excluding steroid dienone is 1. The zero-order chi connectivity index (χ0) is 19.4. The molecule has 0 saturated carbocycles. The normalized spacial score (nSPS) is 20.3. The van der Waals surface area contributed by atoms with E-state index in [2.05, 4.69) is 0 Å². The SMILES string of the molecule is CC(ON(C(=O)O)C1(c2ccccc2Cl)CCC=CC1=O)c1ccccc1. The van der Waals surface area contributed by atoms with Gasteiger partial charge in [0.15, 0.2) is 11.3 Å². The number of ketones is 1. The van der Waals surface area contributed by atoms with Crippen LogP contribution < -0.4 is 0 Å². The number of carboxylic acid groups (broad SMARTS) is 1. The van der Waals surface area contributed by atoms with Crippen molar-refractivity contribution >= 4 is 23.5 Å². The van der Waals surface area contributed by atoms with E-state index in [0.717, 1.165) is 10.6 Å². The fourth-order valence-electron chi connectivity index (χ4n) is 3.36. The molecule has 0 aliphatic heterocycles. The van der Waals surface area contributed by atoms with Gasteiger partial charge in [-0.1, -0.05) is 66.2 Å². The minimum absolute atomic E-state index is 0.250. The zero-order valence-corrected chi connectivity index (χ0v) is 15.6. The van der Waals surface area contributed by atoms with Crippen molar-refractivity contribution in [3.05, 3.63) is 82.9 Å². The quantitative estimate of drug-likeness (QED) is 0.725. The number of nitrogens with zero attached hydrogens (tertiary/aromatic N) is 1. The first-order valence-electron chi connectivity index (χ1n) is 8.67. The van der Waals surface area contributed by atoms with Crippen molar-refractivity contribution in [3.8, 4) is 0 Å². The molecular formula is C21H20ClNO4. The summed E-state index contributed by atoms with van der Waals surface area (Å²) in [5, 5.41) is 11.0. The van der Waals surface area contributed by atoms with E-state index >= 15 is 0 Å². The van der Waals surface area contributed by atoms with Crippen LogP contribution in [0.4, 0.5) is 4.79 Å². The van der Waals surface area contributed by atoms with Gasteiger partial charge in [0.2, 0.25) is 0 Å². The van der Waals surface area contributed by atoms with Crippen molar-refractivity contribution in [2.45, 2.75) is 31.4 Å². The molecule has 0 heterocycles. The minimum Gasteiger partial charge on any atom is -0.463 e. The van der Waals surface area contributed by atoms with Crippen LogP contribution >= 0.6 is 11.6 Å². The number of carbonyl (C=O) groups is 2. The number of hydrogen-bond acceptors (Lipinski definition) is 3. The molecule has 3 rings (SSSR count). The summed E-state index contributed by atoms with van der Waals surface area (Å²) < 4.78 is 0. The molecule has 6 heteroatoms. The average Bonchev–Trinajstić information content (AvgIpc) is 2.68. The second-order valence-electron chi connectivity index (χ2n) is 6.38. The van der Waals surface area contributed by atoms with Crippen LogP contribution in [0.3, 0.4) is 0 Å². The monoisotopic (exact) mass is 385 g/mol. The van der Waals surface area contributed by atoms with E-state index in [1.165, 1.54) is 6.08 Å². The Morgan fingerprint density at radius 2 is 1.85 bits per heavy atom. The van der Waals surface area contributed by atoms with Crippen LogP contribution in [-0.2, 0) is 15.2 Å². The number of benzene rings is 2. The van der Waals surface area contributed by atoms with Gasteiger partial charge in [0.25, 0.3) is 0 Å². The second kappa shape index (κ2) is 7.94. The first-order valence-corrected chi connectivity index (χ1v) is 9.05. The lowest BCUT2D eigenvalue weighted by Crippen LogP contribution is -2.55. The Kier molecular flexibility index (Phi) is 5.63. The molecule has 1 aliphatic rings. The molecule has 2 unspecified atom stereocenters. The Hall–Kier alpha value is -2.63. The largest absolute Gasteiger partial charge is 0.463 e. The lowest BCUT2D eigenvalue weighted by Gasteiger charge is -2.42. The molecule has 2 aromatic rings. The third-order valence-corrected chi connectivity index (χ3v) is 5.05. The maximum absolute atomic E-state index is 13.0. The Labute approximate surface area is 162 Å². The van der Waals surface area contributed by atoms with E-state index < -0.39 is 17.7 Å². The highest BCUT2D eigenvalue weighted by atomic mass is 35.5. The van der Waals surface area contributed by atoms with Gasteiger partial charge in [-0.15, -0.1) is 0 Å². The molecule has 1 aliphatic carbocycles. The molecule has 0 aromatic heterocycles. The van der Waals surface area contributed by atoms with Crippen molar-refractivity contribution in [1.82, 2.24) is 5.06 Å². The summed E-state index contributed by atoms with van der Waals surface area (Å²) in [5.74, 6) is -0.371. The molecular weight excluding hydrogens is 366 g/mol. The van der Waals surface area contributed by atoms with E-state index in [1.807, 2.05) is 30.3 Å². The lowest BCUT2D eigenvalue weighted by molar-refractivity contribution is -0.224. The molecule has 1 N–H and O–H groups in total. The van der Waals surface area contributed by atoms with Gasteiger partial charge in [-0.2, -0.15) is 5.06 Å². The van der Waals surface area contributed by atoms with Crippen LogP contribution in [0.25, 0.3) is 0 Å². The van der Waals surface area contributed by atoms with Gasteiger partial charge in [-0.25, -0.2) is 4.79 Å². The summed E-state index contributed by atoms with van der Waals surface area (Å²) in [7, 11) is 0. The van der Waals surface area contributed by atoms with Crippen LogP contribution in [-0.4, -0.2) is 22.0 Å². The van der Waals surface area contributed by atoms with E-state index in [1.54, 1.807) is 37.3 Å². The zero-order valence-electron chi connectivity index (χ0n) is 14.8. The Morgan fingerprint density at radius 1 is 1.19 bits per heavy atom. The average molecular weight is 386 g/mol. The third kappa shape index (κ3) is 3.61. The number of carbonyl (C=O) groups excluding carboxylic acids is 1. The third-order valence-electron chi connectivity index (χ3n) is 4.72. The molecule has 0 saturated heterocycles. The lowest BCUT2D eigenvalue weighted by atomic mass is 9.78. The van der Waals surface area contributed by atoms with Gasteiger partial charge < -0.3 is 5.11 Å². The molecule has 140 valence electrons. The number of rotatable bonds is 5. The smallest absolute Gasteiger partial charge is 0.432 e. The highest BCUT2D eigenvalue weighted by Gasteiger charge is 2.50. The maximum atomic E-state index is 13.0. The number of amides is 1. The Morgan fingerprint density at radius 3 is 2.48 bits per heavy atom. The predicted molar refractivity (Wildman–Crippen MR) is 102 cm³/mol. The fraction of sp³-hybridized carbons (Fsp3) is 0.238.